The molecule has 100 valence electrons. The van der Waals surface area contributed by atoms with Crippen LogP contribution < -0.4 is 0 Å². The number of nitrogens with zero attached hydrogens (tertiary/aromatic N) is 1. The Kier molecular flexibility index (Phi) is 4.46. The van der Waals surface area contributed by atoms with Crippen molar-refractivity contribution in [2.24, 2.45) is 0 Å². The smallest absolute Gasteiger partial charge is 0.157 e. The second-order valence-corrected chi connectivity index (χ2v) is 6.93. The number of ketones is 1. The predicted molar refractivity (Wildman–Crippen MR) is 77.5 cm³/mol. The summed E-state index contributed by atoms with van der Waals surface area (Å²) in [6.07, 6.45) is 3.82. The first kappa shape index (κ1) is 14.0. The Morgan fingerprint density at radius 3 is 2.61 bits per heavy atom. The Labute approximate surface area is 118 Å². The third kappa shape index (κ3) is 2.79. The fourth-order valence-electron chi connectivity index (χ4n) is 2.60. The van der Waals surface area contributed by atoms with Gasteiger partial charge in [0, 0.05) is 11.3 Å². The van der Waals surface area contributed by atoms with Crippen LogP contribution in [0.25, 0.3) is 0 Å². The Bertz CT molecular complexity index is 425. The summed E-state index contributed by atoms with van der Waals surface area (Å²) in [6.45, 7) is 6.32. The highest BCUT2D eigenvalue weighted by atomic mass is 35.5. The van der Waals surface area contributed by atoms with Crippen LogP contribution in [0.5, 0.6) is 0 Å². The predicted octanol–water partition coefficient (Wildman–Crippen LogP) is 3.78. The molecule has 1 aromatic rings. The first-order valence-electron chi connectivity index (χ1n) is 6.59. The van der Waals surface area contributed by atoms with Gasteiger partial charge in [-0.3, -0.25) is 9.69 Å². The molecule has 2 heterocycles. The molecule has 0 radical (unpaired) electrons. The van der Waals surface area contributed by atoms with Gasteiger partial charge in [-0.05, 0) is 51.4 Å². The van der Waals surface area contributed by atoms with Crippen molar-refractivity contribution in [2.75, 3.05) is 13.1 Å². The van der Waals surface area contributed by atoms with Gasteiger partial charge in [0.2, 0.25) is 0 Å². The van der Waals surface area contributed by atoms with Crippen LogP contribution in [-0.2, 0) is 11.2 Å². The molecule has 1 atom stereocenters. The topological polar surface area (TPSA) is 20.3 Å². The maximum atomic E-state index is 12.6. The minimum atomic E-state index is -0.299. The van der Waals surface area contributed by atoms with Gasteiger partial charge in [0.1, 0.15) is 0 Å². The van der Waals surface area contributed by atoms with Crippen molar-refractivity contribution in [1.82, 2.24) is 4.90 Å². The lowest BCUT2D eigenvalue weighted by Crippen LogP contribution is -2.51. The molecule has 1 aliphatic heterocycles. The minimum Gasteiger partial charge on any atom is -0.297 e. The normalized spacial score (nSPS) is 19.9. The van der Waals surface area contributed by atoms with E-state index in [1.54, 1.807) is 0 Å². The van der Waals surface area contributed by atoms with Crippen molar-refractivity contribution in [3.8, 4) is 0 Å². The first-order valence-corrected chi connectivity index (χ1v) is 7.78. The molecular weight excluding hydrogens is 266 g/mol. The van der Waals surface area contributed by atoms with Crippen LogP contribution in [0.4, 0.5) is 0 Å². The van der Waals surface area contributed by atoms with Gasteiger partial charge in [-0.25, -0.2) is 0 Å². The maximum Gasteiger partial charge on any atom is 0.157 e. The molecule has 1 fully saturated rings. The molecule has 0 spiro atoms. The summed E-state index contributed by atoms with van der Waals surface area (Å²) < 4.78 is 0.761. The van der Waals surface area contributed by atoms with Crippen molar-refractivity contribution in [2.45, 2.75) is 45.1 Å². The van der Waals surface area contributed by atoms with Crippen LogP contribution in [-0.4, -0.2) is 29.3 Å². The number of rotatable bonds is 5. The van der Waals surface area contributed by atoms with E-state index < -0.39 is 0 Å². The molecule has 1 aromatic heterocycles. The molecule has 4 heteroatoms. The second kappa shape index (κ2) is 5.72. The number of carbonyl (C=O) groups excluding carboxylic acids is 1. The summed E-state index contributed by atoms with van der Waals surface area (Å²) in [5.74, 6) is 0.324. The van der Waals surface area contributed by atoms with Crippen molar-refractivity contribution in [1.29, 1.82) is 0 Å². The fourth-order valence-corrected chi connectivity index (χ4v) is 3.69. The van der Waals surface area contributed by atoms with Crippen LogP contribution >= 0.6 is 22.9 Å². The van der Waals surface area contributed by atoms with E-state index in [4.69, 9.17) is 11.6 Å². The second-order valence-electron chi connectivity index (χ2n) is 5.13. The lowest BCUT2D eigenvalue weighted by atomic mass is 9.89. The van der Waals surface area contributed by atoms with Crippen LogP contribution in [0.2, 0.25) is 4.34 Å². The quantitative estimate of drug-likeness (QED) is 0.821. The molecule has 1 aliphatic rings. The molecule has 18 heavy (non-hydrogen) atoms. The zero-order valence-corrected chi connectivity index (χ0v) is 12.6. The molecule has 0 saturated carbocycles. The lowest BCUT2D eigenvalue weighted by molar-refractivity contribution is -0.129. The van der Waals surface area contributed by atoms with Crippen molar-refractivity contribution in [3.63, 3.8) is 0 Å². The van der Waals surface area contributed by atoms with Gasteiger partial charge in [-0.15, -0.1) is 11.3 Å². The molecule has 2 nitrogen and oxygen atoms in total. The number of likely N-dealkylation sites (tertiary alicyclic amines) is 1. The van der Waals surface area contributed by atoms with E-state index in [2.05, 4.69) is 18.7 Å². The van der Waals surface area contributed by atoms with Gasteiger partial charge in [0.05, 0.1) is 9.88 Å². The molecule has 0 bridgehead atoms. The first-order chi connectivity index (χ1) is 8.56. The maximum absolute atomic E-state index is 12.6. The summed E-state index contributed by atoms with van der Waals surface area (Å²) in [5, 5.41) is 0. The Morgan fingerprint density at radius 2 is 2.11 bits per heavy atom. The summed E-state index contributed by atoms with van der Waals surface area (Å²) in [6, 6.07) is 3.83. The van der Waals surface area contributed by atoms with Crippen molar-refractivity contribution in [3.05, 3.63) is 21.3 Å². The monoisotopic (exact) mass is 285 g/mol. The molecule has 1 saturated heterocycles. The molecule has 0 N–H and O–H groups in total. The molecular formula is C14H20ClNOS. The van der Waals surface area contributed by atoms with Crippen LogP contribution in [0, 0.1) is 0 Å². The summed E-state index contributed by atoms with van der Waals surface area (Å²) in [7, 11) is 0. The zero-order chi connectivity index (χ0) is 13.2. The average Bonchev–Trinajstić information content (AvgIpc) is 2.99. The van der Waals surface area contributed by atoms with Gasteiger partial charge < -0.3 is 0 Å². The summed E-state index contributed by atoms with van der Waals surface area (Å²) in [4.78, 5) is 16.0. The zero-order valence-electron chi connectivity index (χ0n) is 11.0. The number of Topliss-reactive ketones (excluding diaryl/α,β-unsaturated/α-hetero) is 1. The molecule has 1 unspecified atom stereocenters. The Balaban J connectivity index is 2.09. The number of halogens is 1. The SMILES string of the molecule is CCC(C)(C(=O)Cc1ccc(Cl)s1)N1CCCC1. The van der Waals surface area contributed by atoms with E-state index in [1.165, 1.54) is 24.2 Å². The van der Waals surface area contributed by atoms with Crippen molar-refractivity contribution < 1.29 is 4.79 Å². The van der Waals surface area contributed by atoms with E-state index in [0.29, 0.717) is 12.2 Å². The summed E-state index contributed by atoms with van der Waals surface area (Å²) >= 11 is 7.43. The van der Waals surface area contributed by atoms with E-state index in [9.17, 15) is 4.79 Å². The minimum absolute atomic E-state index is 0.299. The average molecular weight is 286 g/mol. The third-order valence-electron chi connectivity index (χ3n) is 4.06. The third-order valence-corrected chi connectivity index (χ3v) is 5.29. The van der Waals surface area contributed by atoms with Gasteiger partial charge in [-0.1, -0.05) is 18.5 Å². The van der Waals surface area contributed by atoms with E-state index in [-0.39, 0.29) is 5.54 Å². The largest absolute Gasteiger partial charge is 0.297 e. The standard InChI is InChI=1S/C14H20ClNOS/c1-3-14(2,16-8-4-5-9-16)12(17)10-11-6-7-13(15)18-11/h6-7H,3-5,8-10H2,1-2H3. The highest BCUT2D eigenvalue weighted by molar-refractivity contribution is 7.16. The van der Waals surface area contributed by atoms with Gasteiger partial charge in [-0.2, -0.15) is 0 Å². The van der Waals surface area contributed by atoms with Gasteiger partial charge >= 0.3 is 0 Å². The van der Waals surface area contributed by atoms with Gasteiger partial charge in [0.25, 0.3) is 0 Å². The fraction of sp³-hybridized carbons (Fsp3) is 0.643. The summed E-state index contributed by atoms with van der Waals surface area (Å²) in [5.41, 5.74) is -0.299. The van der Waals surface area contributed by atoms with Crippen LogP contribution in [0.15, 0.2) is 12.1 Å². The Hall–Kier alpha value is -0.380. The Morgan fingerprint density at radius 1 is 1.44 bits per heavy atom. The molecule has 0 aromatic carbocycles. The highest BCUT2D eigenvalue weighted by Crippen LogP contribution is 2.29. The number of carbonyl (C=O) groups is 1. The van der Waals surface area contributed by atoms with Gasteiger partial charge in [0.15, 0.2) is 5.78 Å². The van der Waals surface area contributed by atoms with Crippen LogP contribution in [0.3, 0.4) is 0 Å². The highest BCUT2D eigenvalue weighted by Gasteiger charge is 2.38. The molecule has 0 amide bonds. The molecule has 0 aliphatic carbocycles. The van der Waals surface area contributed by atoms with Crippen LogP contribution in [0.1, 0.15) is 38.0 Å². The lowest BCUT2D eigenvalue weighted by Gasteiger charge is -2.36. The van der Waals surface area contributed by atoms with E-state index >= 15 is 0 Å². The van der Waals surface area contributed by atoms with E-state index in [1.807, 2.05) is 12.1 Å². The number of hydrogen-bond donors (Lipinski definition) is 0. The van der Waals surface area contributed by atoms with Crippen molar-refractivity contribution >= 4 is 28.7 Å². The molecule has 2 rings (SSSR count). The number of thiophene rings is 1. The number of hydrogen-bond acceptors (Lipinski definition) is 3. The van der Waals surface area contributed by atoms with E-state index in [0.717, 1.165) is 28.7 Å².